The van der Waals surface area contributed by atoms with Crippen molar-refractivity contribution in [1.82, 2.24) is 0 Å². The standard InChI is InChI=1S/C29H38N2O5/c1-3-4-5-22(23-16-24(30)18-25(31)17-23)19-35-28(32)15-8-20-6-11-27(12-7-20)36-29(33)21-9-13-26(34-2)14-10-21/h6-8,11-12,15-18,21-22,26H,3-5,9-10,13-14,19,30-31H2,1-2H3/b15-8+. The van der Waals surface area contributed by atoms with Crippen LogP contribution in [-0.2, 0) is 19.1 Å². The van der Waals surface area contributed by atoms with Crippen LogP contribution in [0.3, 0.4) is 0 Å². The molecule has 7 nitrogen and oxygen atoms in total. The normalized spacial score (nSPS) is 18.6. The Morgan fingerprint density at radius 1 is 1.03 bits per heavy atom. The number of hydrogen-bond donors (Lipinski definition) is 2. The minimum Gasteiger partial charge on any atom is -0.462 e. The monoisotopic (exact) mass is 494 g/mol. The Morgan fingerprint density at radius 3 is 2.31 bits per heavy atom. The van der Waals surface area contributed by atoms with Crippen LogP contribution in [-0.4, -0.2) is 31.8 Å². The molecular weight excluding hydrogens is 456 g/mol. The maximum Gasteiger partial charge on any atom is 0.330 e. The van der Waals surface area contributed by atoms with Crippen LogP contribution in [0.25, 0.3) is 6.08 Å². The Hall–Kier alpha value is -3.32. The first-order valence-electron chi connectivity index (χ1n) is 12.7. The summed E-state index contributed by atoms with van der Waals surface area (Å²) in [5, 5.41) is 0. The van der Waals surface area contributed by atoms with Gasteiger partial charge in [0.05, 0.1) is 18.6 Å². The van der Waals surface area contributed by atoms with E-state index in [-0.39, 0.29) is 30.5 Å². The molecule has 0 aromatic heterocycles. The van der Waals surface area contributed by atoms with Gasteiger partial charge in [-0.15, -0.1) is 0 Å². The van der Waals surface area contributed by atoms with Crippen molar-refractivity contribution >= 4 is 29.4 Å². The van der Waals surface area contributed by atoms with Crippen LogP contribution in [0.1, 0.15) is 68.9 Å². The van der Waals surface area contributed by atoms with Gasteiger partial charge in [0, 0.05) is 30.5 Å². The van der Waals surface area contributed by atoms with E-state index < -0.39 is 5.97 Å². The highest BCUT2D eigenvalue weighted by Crippen LogP contribution is 2.28. The minimum atomic E-state index is -0.421. The first-order valence-corrected chi connectivity index (χ1v) is 12.7. The molecule has 0 heterocycles. The predicted octanol–water partition coefficient (Wildman–Crippen LogP) is 5.49. The average molecular weight is 495 g/mol. The number of ether oxygens (including phenoxy) is 3. The van der Waals surface area contributed by atoms with Crippen LogP contribution in [0.2, 0.25) is 0 Å². The molecule has 3 rings (SSSR count). The van der Waals surface area contributed by atoms with Gasteiger partial charge in [-0.1, -0.05) is 31.9 Å². The zero-order chi connectivity index (χ0) is 25.9. The lowest BCUT2D eigenvalue weighted by Crippen LogP contribution is -2.28. The van der Waals surface area contributed by atoms with Gasteiger partial charge in [-0.2, -0.15) is 0 Å². The highest BCUT2D eigenvalue weighted by atomic mass is 16.5. The van der Waals surface area contributed by atoms with Gasteiger partial charge >= 0.3 is 11.9 Å². The Labute approximate surface area is 213 Å². The van der Waals surface area contributed by atoms with Crippen molar-refractivity contribution in [2.75, 3.05) is 25.2 Å². The molecule has 0 bridgehead atoms. The molecule has 1 aliphatic rings. The summed E-state index contributed by atoms with van der Waals surface area (Å²) in [5.74, 6) is -0.178. The molecular formula is C29H38N2O5. The molecule has 0 saturated heterocycles. The van der Waals surface area contributed by atoms with E-state index in [4.69, 9.17) is 25.7 Å². The number of unbranched alkanes of at least 4 members (excludes halogenated alkanes) is 1. The van der Waals surface area contributed by atoms with E-state index in [0.29, 0.717) is 17.1 Å². The molecule has 7 heteroatoms. The molecule has 2 aromatic carbocycles. The third-order valence-corrected chi connectivity index (χ3v) is 6.66. The number of esters is 2. The number of carbonyl (C=O) groups excluding carboxylic acids is 2. The molecule has 1 atom stereocenters. The zero-order valence-corrected chi connectivity index (χ0v) is 21.3. The molecule has 0 aliphatic heterocycles. The quantitative estimate of drug-likeness (QED) is 0.184. The number of nitrogens with two attached hydrogens (primary N) is 2. The minimum absolute atomic E-state index is 0.0339. The van der Waals surface area contributed by atoms with Crippen LogP contribution in [0.15, 0.2) is 48.5 Å². The van der Waals surface area contributed by atoms with Gasteiger partial charge in [0.25, 0.3) is 0 Å². The fourth-order valence-corrected chi connectivity index (χ4v) is 4.51. The summed E-state index contributed by atoms with van der Waals surface area (Å²) >= 11 is 0. The van der Waals surface area contributed by atoms with Gasteiger partial charge in [-0.05, 0) is 79.6 Å². The van der Waals surface area contributed by atoms with Gasteiger partial charge in [0.15, 0.2) is 0 Å². The van der Waals surface area contributed by atoms with Crippen molar-refractivity contribution in [3.8, 4) is 5.75 Å². The van der Waals surface area contributed by atoms with Gasteiger partial charge < -0.3 is 25.7 Å². The van der Waals surface area contributed by atoms with Crippen molar-refractivity contribution < 1.29 is 23.8 Å². The van der Waals surface area contributed by atoms with Crippen molar-refractivity contribution in [1.29, 1.82) is 0 Å². The second-order valence-electron chi connectivity index (χ2n) is 9.44. The summed E-state index contributed by atoms with van der Waals surface area (Å²) in [5.41, 5.74) is 14.9. The van der Waals surface area contributed by atoms with E-state index in [2.05, 4.69) is 6.92 Å². The second-order valence-corrected chi connectivity index (χ2v) is 9.44. The molecule has 0 amide bonds. The summed E-state index contributed by atoms with van der Waals surface area (Å²) < 4.78 is 16.4. The van der Waals surface area contributed by atoms with E-state index in [1.54, 1.807) is 43.5 Å². The number of carbonyl (C=O) groups is 2. The Bertz CT molecular complexity index is 1010. The molecule has 194 valence electrons. The largest absolute Gasteiger partial charge is 0.462 e. The van der Waals surface area contributed by atoms with Gasteiger partial charge in [0.1, 0.15) is 5.75 Å². The summed E-state index contributed by atoms with van der Waals surface area (Å²) in [6, 6.07) is 12.6. The number of methoxy groups -OCH3 is 1. The topological polar surface area (TPSA) is 114 Å². The van der Waals surface area contributed by atoms with E-state index in [1.165, 1.54) is 6.08 Å². The Kier molecular flexibility index (Phi) is 10.4. The summed E-state index contributed by atoms with van der Waals surface area (Å²) in [4.78, 5) is 24.8. The third kappa shape index (κ3) is 8.41. The molecule has 4 N–H and O–H groups in total. The highest BCUT2D eigenvalue weighted by Gasteiger charge is 2.27. The van der Waals surface area contributed by atoms with Crippen molar-refractivity contribution in [3.63, 3.8) is 0 Å². The Balaban J connectivity index is 1.50. The molecule has 2 aromatic rings. The van der Waals surface area contributed by atoms with E-state index in [0.717, 1.165) is 56.1 Å². The van der Waals surface area contributed by atoms with Crippen LogP contribution in [0, 0.1) is 5.92 Å². The van der Waals surface area contributed by atoms with Gasteiger partial charge in [-0.25, -0.2) is 4.79 Å². The third-order valence-electron chi connectivity index (χ3n) is 6.66. The number of benzene rings is 2. The summed E-state index contributed by atoms with van der Waals surface area (Å²) in [7, 11) is 1.71. The summed E-state index contributed by atoms with van der Waals surface area (Å²) in [6.45, 7) is 2.38. The van der Waals surface area contributed by atoms with Gasteiger partial charge in [-0.3, -0.25) is 4.79 Å². The summed E-state index contributed by atoms with van der Waals surface area (Å²) in [6.07, 6.45) is 9.58. The van der Waals surface area contributed by atoms with Crippen molar-refractivity contribution in [3.05, 3.63) is 59.7 Å². The number of rotatable bonds is 11. The number of anilines is 2. The van der Waals surface area contributed by atoms with E-state index in [9.17, 15) is 9.59 Å². The molecule has 0 radical (unpaired) electrons. The van der Waals surface area contributed by atoms with Crippen LogP contribution in [0.4, 0.5) is 11.4 Å². The van der Waals surface area contributed by atoms with Crippen molar-refractivity contribution in [2.24, 2.45) is 5.92 Å². The zero-order valence-electron chi connectivity index (χ0n) is 21.3. The average Bonchev–Trinajstić information content (AvgIpc) is 2.87. The van der Waals surface area contributed by atoms with E-state index in [1.807, 2.05) is 12.1 Å². The molecule has 36 heavy (non-hydrogen) atoms. The highest BCUT2D eigenvalue weighted by molar-refractivity contribution is 5.87. The molecule has 1 unspecified atom stereocenters. The fraction of sp³-hybridized carbons (Fsp3) is 0.448. The first kappa shape index (κ1) is 27.3. The molecule has 1 fully saturated rings. The lowest BCUT2D eigenvalue weighted by Gasteiger charge is -2.26. The van der Waals surface area contributed by atoms with Crippen LogP contribution >= 0.6 is 0 Å². The van der Waals surface area contributed by atoms with Gasteiger partial charge in [0.2, 0.25) is 0 Å². The predicted molar refractivity (Wildman–Crippen MR) is 142 cm³/mol. The molecule has 1 aliphatic carbocycles. The first-order chi connectivity index (χ1) is 17.4. The lowest BCUT2D eigenvalue weighted by atomic mass is 9.87. The SMILES string of the molecule is CCCCC(COC(=O)/C=C/c1ccc(OC(=O)C2CCC(OC)CC2)cc1)c1cc(N)cc(N)c1. The van der Waals surface area contributed by atoms with Crippen LogP contribution in [0.5, 0.6) is 5.75 Å². The fourth-order valence-electron chi connectivity index (χ4n) is 4.51. The van der Waals surface area contributed by atoms with Crippen molar-refractivity contribution in [2.45, 2.75) is 63.9 Å². The van der Waals surface area contributed by atoms with Crippen LogP contribution < -0.4 is 16.2 Å². The number of hydrogen-bond acceptors (Lipinski definition) is 7. The maximum atomic E-state index is 12.4. The Morgan fingerprint density at radius 2 is 1.69 bits per heavy atom. The number of nitrogen functional groups attached to an aromatic ring is 2. The maximum absolute atomic E-state index is 12.4. The lowest BCUT2D eigenvalue weighted by molar-refractivity contribution is -0.141. The van der Waals surface area contributed by atoms with E-state index >= 15 is 0 Å². The molecule has 1 saturated carbocycles. The smallest absolute Gasteiger partial charge is 0.330 e. The second kappa shape index (κ2) is 13.7. The molecule has 0 spiro atoms.